The van der Waals surface area contributed by atoms with E-state index < -0.39 is 0 Å². The van der Waals surface area contributed by atoms with E-state index >= 15 is 0 Å². The van der Waals surface area contributed by atoms with Gasteiger partial charge in [-0.3, -0.25) is 9.78 Å². The standard InChI is InChI=1S/C13H10Cl2N2O2/c1-19-12-6-8(2-3-11(12)15)17-13(18)9-7-16-5-4-10(9)14/h2-7H,1H3,(H,17,18). The number of amides is 1. The molecular formula is C13H10Cl2N2O2. The molecule has 0 saturated heterocycles. The van der Waals surface area contributed by atoms with E-state index in [1.54, 1.807) is 24.3 Å². The third kappa shape index (κ3) is 3.16. The summed E-state index contributed by atoms with van der Waals surface area (Å²) in [6.45, 7) is 0. The Balaban J connectivity index is 2.22. The van der Waals surface area contributed by atoms with Crippen molar-refractivity contribution in [2.45, 2.75) is 0 Å². The van der Waals surface area contributed by atoms with Gasteiger partial charge in [-0.15, -0.1) is 0 Å². The Kier molecular flexibility index (Phi) is 4.24. The number of pyridine rings is 1. The predicted molar refractivity (Wildman–Crippen MR) is 75.2 cm³/mol. The maximum atomic E-state index is 12.0. The number of benzene rings is 1. The van der Waals surface area contributed by atoms with E-state index in [0.29, 0.717) is 27.0 Å². The van der Waals surface area contributed by atoms with Crippen LogP contribution in [0.4, 0.5) is 5.69 Å². The second-order valence-electron chi connectivity index (χ2n) is 3.66. The number of methoxy groups -OCH3 is 1. The quantitative estimate of drug-likeness (QED) is 0.940. The van der Waals surface area contributed by atoms with Gasteiger partial charge in [0.2, 0.25) is 0 Å². The number of hydrogen-bond donors (Lipinski definition) is 1. The molecule has 0 unspecified atom stereocenters. The zero-order valence-electron chi connectivity index (χ0n) is 9.98. The summed E-state index contributed by atoms with van der Waals surface area (Å²) in [5.74, 6) is 0.138. The molecule has 1 N–H and O–H groups in total. The lowest BCUT2D eigenvalue weighted by atomic mass is 10.2. The SMILES string of the molecule is COc1cc(NC(=O)c2cnccc2Cl)ccc1Cl. The first-order chi connectivity index (χ1) is 9.11. The molecule has 0 aliphatic carbocycles. The number of carbonyl (C=O) groups is 1. The Labute approximate surface area is 120 Å². The molecule has 0 saturated carbocycles. The van der Waals surface area contributed by atoms with Gasteiger partial charge in [0.25, 0.3) is 5.91 Å². The normalized spacial score (nSPS) is 10.1. The molecule has 1 aromatic heterocycles. The van der Waals surface area contributed by atoms with Gasteiger partial charge in [0.15, 0.2) is 0 Å². The first kappa shape index (κ1) is 13.6. The van der Waals surface area contributed by atoms with Gasteiger partial charge in [-0.25, -0.2) is 0 Å². The lowest BCUT2D eigenvalue weighted by molar-refractivity contribution is 0.102. The van der Waals surface area contributed by atoms with Gasteiger partial charge in [-0.1, -0.05) is 23.2 Å². The summed E-state index contributed by atoms with van der Waals surface area (Å²) in [4.78, 5) is 15.9. The third-order valence-corrected chi connectivity index (χ3v) is 3.06. The Morgan fingerprint density at radius 1 is 1.26 bits per heavy atom. The molecule has 19 heavy (non-hydrogen) atoms. The first-order valence-electron chi connectivity index (χ1n) is 5.36. The monoisotopic (exact) mass is 296 g/mol. The highest BCUT2D eigenvalue weighted by atomic mass is 35.5. The van der Waals surface area contributed by atoms with Crippen molar-refractivity contribution in [2.75, 3.05) is 12.4 Å². The number of halogens is 2. The van der Waals surface area contributed by atoms with Crippen LogP contribution in [0.25, 0.3) is 0 Å². The van der Waals surface area contributed by atoms with Crippen LogP contribution in [-0.2, 0) is 0 Å². The van der Waals surface area contributed by atoms with Crippen molar-refractivity contribution in [1.29, 1.82) is 0 Å². The molecule has 2 rings (SSSR count). The molecule has 0 bridgehead atoms. The fraction of sp³-hybridized carbons (Fsp3) is 0.0769. The van der Waals surface area contributed by atoms with E-state index in [-0.39, 0.29) is 5.91 Å². The van der Waals surface area contributed by atoms with Gasteiger partial charge in [-0.2, -0.15) is 0 Å². The number of hydrogen-bond acceptors (Lipinski definition) is 3. The summed E-state index contributed by atoms with van der Waals surface area (Å²) < 4.78 is 5.07. The van der Waals surface area contributed by atoms with Crippen LogP contribution >= 0.6 is 23.2 Å². The van der Waals surface area contributed by atoms with E-state index in [9.17, 15) is 4.79 Å². The second kappa shape index (κ2) is 5.91. The zero-order chi connectivity index (χ0) is 13.8. The molecule has 0 aliphatic heterocycles. The van der Waals surface area contributed by atoms with Crippen LogP contribution in [0.15, 0.2) is 36.7 Å². The zero-order valence-corrected chi connectivity index (χ0v) is 11.5. The molecular weight excluding hydrogens is 287 g/mol. The summed E-state index contributed by atoms with van der Waals surface area (Å²) in [6.07, 6.45) is 2.93. The Morgan fingerprint density at radius 2 is 2.05 bits per heavy atom. The molecule has 0 atom stereocenters. The fourth-order valence-electron chi connectivity index (χ4n) is 1.48. The molecule has 4 nitrogen and oxygen atoms in total. The first-order valence-corrected chi connectivity index (χ1v) is 6.12. The van der Waals surface area contributed by atoms with Crippen LogP contribution in [0.5, 0.6) is 5.75 Å². The minimum Gasteiger partial charge on any atom is -0.495 e. The highest BCUT2D eigenvalue weighted by Crippen LogP contribution is 2.27. The van der Waals surface area contributed by atoms with Gasteiger partial charge in [0, 0.05) is 24.1 Å². The van der Waals surface area contributed by atoms with E-state index in [2.05, 4.69) is 10.3 Å². The molecule has 0 spiro atoms. The van der Waals surface area contributed by atoms with Crippen LogP contribution in [0, 0.1) is 0 Å². The summed E-state index contributed by atoms with van der Waals surface area (Å²) in [5, 5.41) is 3.51. The van der Waals surface area contributed by atoms with Gasteiger partial charge < -0.3 is 10.1 Å². The van der Waals surface area contributed by atoms with Gasteiger partial charge in [0.1, 0.15) is 5.75 Å². The number of anilines is 1. The number of carbonyl (C=O) groups excluding carboxylic acids is 1. The minimum absolute atomic E-state index is 0.304. The van der Waals surface area contributed by atoms with Gasteiger partial charge >= 0.3 is 0 Å². The number of ether oxygens (including phenoxy) is 1. The average molecular weight is 297 g/mol. The van der Waals surface area contributed by atoms with Crippen LogP contribution in [0.3, 0.4) is 0 Å². The number of nitrogens with one attached hydrogen (secondary N) is 1. The van der Waals surface area contributed by atoms with Crippen molar-refractivity contribution >= 4 is 34.8 Å². The molecule has 2 aromatic rings. The van der Waals surface area contributed by atoms with Crippen LogP contribution in [0.1, 0.15) is 10.4 Å². The Bertz CT molecular complexity index is 617. The summed E-state index contributed by atoms with van der Waals surface area (Å²) in [7, 11) is 1.50. The highest BCUT2D eigenvalue weighted by Gasteiger charge is 2.11. The van der Waals surface area contributed by atoms with Gasteiger partial charge in [0.05, 0.1) is 22.7 Å². The molecule has 6 heteroatoms. The largest absolute Gasteiger partial charge is 0.495 e. The summed E-state index contributed by atoms with van der Waals surface area (Å²) in [5.41, 5.74) is 0.865. The summed E-state index contributed by atoms with van der Waals surface area (Å²) in [6, 6.07) is 6.50. The van der Waals surface area contributed by atoms with Crippen molar-refractivity contribution in [3.05, 3.63) is 52.3 Å². The molecule has 0 radical (unpaired) electrons. The summed E-state index contributed by atoms with van der Waals surface area (Å²) >= 11 is 11.8. The van der Waals surface area contributed by atoms with E-state index in [1.807, 2.05) is 0 Å². The minimum atomic E-state index is -0.345. The molecule has 1 amide bonds. The maximum absolute atomic E-state index is 12.0. The van der Waals surface area contributed by atoms with E-state index in [4.69, 9.17) is 27.9 Å². The predicted octanol–water partition coefficient (Wildman–Crippen LogP) is 3.65. The van der Waals surface area contributed by atoms with Crippen LogP contribution in [0.2, 0.25) is 10.0 Å². The third-order valence-electron chi connectivity index (χ3n) is 2.42. The van der Waals surface area contributed by atoms with Crippen molar-refractivity contribution in [3.63, 3.8) is 0 Å². The van der Waals surface area contributed by atoms with Crippen molar-refractivity contribution < 1.29 is 9.53 Å². The van der Waals surface area contributed by atoms with Crippen molar-refractivity contribution in [2.24, 2.45) is 0 Å². The number of aromatic nitrogens is 1. The van der Waals surface area contributed by atoms with Crippen LogP contribution < -0.4 is 10.1 Å². The molecule has 0 aliphatic rings. The highest BCUT2D eigenvalue weighted by molar-refractivity contribution is 6.34. The molecule has 98 valence electrons. The molecule has 0 fully saturated rings. The van der Waals surface area contributed by atoms with Crippen LogP contribution in [-0.4, -0.2) is 18.0 Å². The van der Waals surface area contributed by atoms with Crippen molar-refractivity contribution in [1.82, 2.24) is 4.98 Å². The number of rotatable bonds is 3. The van der Waals surface area contributed by atoms with Crippen molar-refractivity contribution in [3.8, 4) is 5.75 Å². The van der Waals surface area contributed by atoms with E-state index in [0.717, 1.165) is 0 Å². The molecule has 1 aromatic carbocycles. The lowest BCUT2D eigenvalue weighted by Crippen LogP contribution is -2.12. The number of nitrogens with zero attached hydrogens (tertiary/aromatic N) is 1. The fourth-order valence-corrected chi connectivity index (χ4v) is 1.87. The second-order valence-corrected chi connectivity index (χ2v) is 4.47. The smallest absolute Gasteiger partial charge is 0.258 e. The average Bonchev–Trinajstić information content (AvgIpc) is 2.41. The maximum Gasteiger partial charge on any atom is 0.258 e. The molecule has 1 heterocycles. The topological polar surface area (TPSA) is 51.2 Å². The Morgan fingerprint density at radius 3 is 2.74 bits per heavy atom. The Hall–Kier alpha value is -1.78. The lowest BCUT2D eigenvalue weighted by Gasteiger charge is -2.09. The van der Waals surface area contributed by atoms with E-state index in [1.165, 1.54) is 19.5 Å². The van der Waals surface area contributed by atoms with Gasteiger partial charge in [-0.05, 0) is 18.2 Å².